The van der Waals surface area contributed by atoms with Crippen molar-refractivity contribution in [2.24, 2.45) is 17.6 Å². The van der Waals surface area contributed by atoms with E-state index in [1.807, 2.05) is 4.90 Å². The van der Waals surface area contributed by atoms with Crippen LogP contribution in [0.2, 0.25) is 0 Å². The zero-order valence-electron chi connectivity index (χ0n) is 10.3. The van der Waals surface area contributed by atoms with Crippen LogP contribution in [0.1, 0.15) is 45.4 Å². The Kier molecular flexibility index (Phi) is 3.85. The summed E-state index contributed by atoms with van der Waals surface area (Å²) in [5.74, 6) is 1.21. The van der Waals surface area contributed by atoms with Crippen molar-refractivity contribution in [1.82, 2.24) is 4.90 Å². The molecule has 2 aliphatic rings. The van der Waals surface area contributed by atoms with Gasteiger partial charge < -0.3 is 10.6 Å². The van der Waals surface area contributed by atoms with E-state index in [-0.39, 0.29) is 12.0 Å². The summed E-state index contributed by atoms with van der Waals surface area (Å²) in [5.41, 5.74) is 6.07. The topological polar surface area (TPSA) is 46.3 Å². The van der Waals surface area contributed by atoms with Gasteiger partial charge in [0.05, 0.1) is 5.92 Å². The minimum atomic E-state index is 0.104. The molecule has 0 bridgehead atoms. The lowest BCUT2D eigenvalue weighted by molar-refractivity contribution is -0.137. The Hall–Kier alpha value is -0.570. The molecule has 3 heteroatoms. The molecule has 16 heavy (non-hydrogen) atoms. The van der Waals surface area contributed by atoms with Gasteiger partial charge in [0, 0.05) is 19.1 Å². The highest BCUT2D eigenvalue weighted by Crippen LogP contribution is 2.31. The van der Waals surface area contributed by atoms with Crippen LogP contribution in [0.15, 0.2) is 0 Å². The quantitative estimate of drug-likeness (QED) is 0.791. The molecule has 0 aromatic heterocycles. The summed E-state index contributed by atoms with van der Waals surface area (Å²) in [6, 6.07) is 0.106. The third-order valence-corrected chi connectivity index (χ3v) is 4.01. The number of carbonyl (C=O) groups excluding carboxylic acids is 1. The Morgan fingerprint density at radius 2 is 1.94 bits per heavy atom. The molecule has 2 atom stereocenters. The molecule has 0 aromatic carbocycles. The Balaban J connectivity index is 1.91. The maximum Gasteiger partial charge on any atom is 0.227 e. The summed E-state index contributed by atoms with van der Waals surface area (Å²) in [6.45, 7) is 3.89. The van der Waals surface area contributed by atoms with Crippen LogP contribution in [0.5, 0.6) is 0 Å². The molecule has 2 unspecified atom stereocenters. The van der Waals surface area contributed by atoms with E-state index in [4.69, 9.17) is 5.73 Å². The van der Waals surface area contributed by atoms with E-state index in [1.165, 1.54) is 25.7 Å². The zero-order chi connectivity index (χ0) is 11.5. The van der Waals surface area contributed by atoms with Crippen molar-refractivity contribution >= 4 is 5.91 Å². The van der Waals surface area contributed by atoms with Gasteiger partial charge in [-0.1, -0.05) is 12.8 Å². The third-order valence-electron chi connectivity index (χ3n) is 4.01. The molecule has 0 radical (unpaired) electrons. The first-order chi connectivity index (χ1) is 7.72. The Morgan fingerprint density at radius 1 is 1.25 bits per heavy atom. The van der Waals surface area contributed by atoms with Crippen LogP contribution in [0, 0.1) is 11.8 Å². The maximum atomic E-state index is 12.3. The number of hydrogen-bond acceptors (Lipinski definition) is 2. The predicted molar refractivity (Wildman–Crippen MR) is 64.9 cm³/mol. The first-order valence-electron chi connectivity index (χ1n) is 6.76. The van der Waals surface area contributed by atoms with E-state index in [1.54, 1.807) is 0 Å². The van der Waals surface area contributed by atoms with Crippen molar-refractivity contribution in [3.8, 4) is 0 Å². The molecule has 3 nitrogen and oxygen atoms in total. The second kappa shape index (κ2) is 5.17. The average Bonchev–Trinajstić information content (AvgIpc) is 3.09. The van der Waals surface area contributed by atoms with Gasteiger partial charge in [0.15, 0.2) is 0 Å². The van der Waals surface area contributed by atoms with Gasteiger partial charge in [-0.2, -0.15) is 0 Å². The molecule has 0 saturated heterocycles. The van der Waals surface area contributed by atoms with Crippen molar-refractivity contribution in [3.05, 3.63) is 0 Å². The fourth-order valence-corrected chi connectivity index (χ4v) is 2.69. The van der Waals surface area contributed by atoms with Gasteiger partial charge >= 0.3 is 0 Å². The van der Waals surface area contributed by atoms with E-state index >= 15 is 0 Å². The Bertz CT molecular complexity index is 250. The van der Waals surface area contributed by atoms with Gasteiger partial charge in [-0.15, -0.1) is 0 Å². The van der Waals surface area contributed by atoms with Crippen LogP contribution in [0.25, 0.3) is 0 Å². The standard InChI is InChI=1S/C13H24N2O/c1-2-15(9-10-7-8-10)13(16)11-5-3-4-6-12(11)14/h10-12H,2-9,14H2,1H3. The Labute approximate surface area is 98.4 Å². The summed E-state index contributed by atoms with van der Waals surface area (Å²) in [7, 11) is 0. The zero-order valence-corrected chi connectivity index (χ0v) is 10.3. The fraction of sp³-hybridized carbons (Fsp3) is 0.923. The highest BCUT2D eigenvalue weighted by Gasteiger charge is 2.33. The second-order valence-electron chi connectivity index (χ2n) is 5.38. The van der Waals surface area contributed by atoms with Gasteiger partial charge in [-0.05, 0) is 38.5 Å². The maximum absolute atomic E-state index is 12.3. The van der Waals surface area contributed by atoms with Crippen LogP contribution in [-0.2, 0) is 4.79 Å². The average molecular weight is 224 g/mol. The summed E-state index contributed by atoms with van der Waals surface area (Å²) in [5, 5.41) is 0. The first kappa shape index (κ1) is 11.9. The lowest BCUT2D eigenvalue weighted by Crippen LogP contribution is -2.46. The highest BCUT2D eigenvalue weighted by atomic mass is 16.2. The third kappa shape index (κ3) is 2.76. The Morgan fingerprint density at radius 3 is 2.50 bits per heavy atom. The van der Waals surface area contributed by atoms with Crippen LogP contribution < -0.4 is 5.73 Å². The molecule has 0 heterocycles. The van der Waals surface area contributed by atoms with Crippen LogP contribution in [0.3, 0.4) is 0 Å². The number of rotatable bonds is 4. The molecule has 0 aromatic rings. The fourth-order valence-electron chi connectivity index (χ4n) is 2.69. The number of nitrogens with two attached hydrogens (primary N) is 1. The first-order valence-corrected chi connectivity index (χ1v) is 6.76. The SMILES string of the molecule is CCN(CC1CC1)C(=O)C1CCCCC1N. The van der Waals surface area contributed by atoms with Crippen molar-refractivity contribution in [1.29, 1.82) is 0 Å². The molecule has 0 aliphatic heterocycles. The molecular weight excluding hydrogens is 200 g/mol. The van der Waals surface area contributed by atoms with E-state index in [9.17, 15) is 4.79 Å². The van der Waals surface area contributed by atoms with E-state index in [0.717, 1.165) is 31.8 Å². The van der Waals surface area contributed by atoms with Crippen LogP contribution in [-0.4, -0.2) is 29.9 Å². The molecular formula is C13H24N2O. The molecule has 0 spiro atoms. The van der Waals surface area contributed by atoms with Crippen molar-refractivity contribution in [2.45, 2.75) is 51.5 Å². The van der Waals surface area contributed by atoms with Crippen molar-refractivity contribution in [2.75, 3.05) is 13.1 Å². The molecule has 2 saturated carbocycles. The highest BCUT2D eigenvalue weighted by molar-refractivity contribution is 5.79. The van der Waals surface area contributed by atoms with Gasteiger partial charge in [0.1, 0.15) is 0 Å². The number of nitrogens with zero attached hydrogens (tertiary/aromatic N) is 1. The summed E-state index contributed by atoms with van der Waals surface area (Å²) < 4.78 is 0. The molecule has 2 aliphatic carbocycles. The minimum absolute atomic E-state index is 0.104. The largest absolute Gasteiger partial charge is 0.342 e. The molecule has 2 fully saturated rings. The second-order valence-corrected chi connectivity index (χ2v) is 5.38. The molecule has 2 N–H and O–H groups in total. The monoisotopic (exact) mass is 224 g/mol. The van der Waals surface area contributed by atoms with Gasteiger partial charge in [0.2, 0.25) is 5.91 Å². The van der Waals surface area contributed by atoms with E-state index in [0.29, 0.717) is 5.91 Å². The number of carbonyl (C=O) groups is 1. The van der Waals surface area contributed by atoms with E-state index < -0.39 is 0 Å². The smallest absolute Gasteiger partial charge is 0.227 e. The minimum Gasteiger partial charge on any atom is -0.342 e. The van der Waals surface area contributed by atoms with Crippen LogP contribution >= 0.6 is 0 Å². The lowest BCUT2D eigenvalue weighted by Gasteiger charge is -2.32. The van der Waals surface area contributed by atoms with Gasteiger partial charge in [-0.3, -0.25) is 4.79 Å². The van der Waals surface area contributed by atoms with Crippen molar-refractivity contribution < 1.29 is 4.79 Å². The van der Waals surface area contributed by atoms with Gasteiger partial charge in [0.25, 0.3) is 0 Å². The summed E-state index contributed by atoms with van der Waals surface area (Å²) >= 11 is 0. The predicted octanol–water partition coefficient (Wildman–Crippen LogP) is 1.76. The lowest BCUT2D eigenvalue weighted by atomic mass is 9.84. The number of hydrogen-bond donors (Lipinski definition) is 1. The van der Waals surface area contributed by atoms with Crippen molar-refractivity contribution in [3.63, 3.8) is 0 Å². The summed E-state index contributed by atoms with van der Waals surface area (Å²) in [4.78, 5) is 14.4. The molecule has 2 rings (SSSR count). The number of amides is 1. The van der Waals surface area contributed by atoms with E-state index in [2.05, 4.69) is 6.92 Å². The summed E-state index contributed by atoms with van der Waals surface area (Å²) in [6.07, 6.45) is 7.00. The van der Waals surface area contributed by atoms with Gasteiger partial charge in [-0.25, -0.2) is 0 Å². The normalized spacial score (nSPS) is 30.1. The molecule has 92 valence electrons. The van der Waals surface area contributed by atoms with Crippen LogP contribution in [0.4, 0.5) is 0 Å². The molecule has 1 amide bonds.